The number of benzene rings is 3. The second-order valence-corrected chi connectivity index (χ2v) is 13.8. The molecule has 3 atom stereocenters. The first-order chi connectivity index (χ1) is 21.1. The van der Waals surface area contributed by atoms with E-state index < -0.39 is 28.9 Å². The van der Waals surface area contributed by atoms with Crippen molar-refractivity contribution in [1.82, 2.24) is 10.6 Å². The van der Waals surface area contributed by atoms with E-state index in [4.69, 9.17) is 9.47 Å². The summed E-state index contributed by atoms with van der Waals surface area (Å²) in [7, 11) is 0. The molecule has 0 aromatic heterocycles. The molecule has 45 heavy (non-hydrogen) atoms. The Morgan fingerprint density at radius 1 is 0.800 bits per heavy atom. The van der Waals surface area contributed by atoms with Crippen molar-refractivity contribution in [3.63, 3.8) is 0 Å². The number of nitrogens with one attached hydrogen (secondary N) is 2. The zero-order valence-electron chi connectivity index (χ0n) is 28.1. The summed E-state index contributed by atoms with van der Waals surface area (Å²) >= 11 is 0. The third-order valence-electron chi connectivity index (χ3n) is 7.51. The molecular weight excluding hydrogens is 564 g/mol. The van der Waals surface area contributed by atoms with Crippen molar-refractivity contribution in [2.45, 2.75) is 98.8 Å². The van der Waals surface area contributed by atoms with Crippen LogP contribution in [0.3, 0.4) is 0 Å². The Balaban J connectivity index is 1.70. The molecule has 0 heterocycles. The number of amides is 2. The summed E-state index contributed by atoms with van der Waals surface area (Å²) in [6, 6.07) is 24.4. The molecule has 0 bridgehead atoms. The number of aryl methyl sites for hydroxylation is 2. The van der Waals surface area contributed by atoms with E-state index in [1.54, 1.807) is 20.8 Å². The highest BCUT2D eigenvalue weighted by molar-refractivity contribution is 5.90. The number of rotatable bonds is 13. The molecule has 242 valence electrons. The SMILES string of the molecule is Cc1cc(CCC[C@H](CC(=O)OC(C)(C)C)C(=O)N[C@H](C(=O)N[C@H](C)c2ccccc2)C(C)(C)C)ccc1Oc1ccccc1. The first-order valence-corrected chi connectivity index (χ1v) is 15.8. The molecule has 0 aliphatic rings. The Hall–Kier alpha value is -4.13. The minimum absolute atomic E-state index is 0.0646. The zero-order valence-corrected chi connectivity index (χ0v) is 28.1. The first kappa shape index (κ1) is 35.4. The van der Waals surface area contributed by atoms with E-state index in [1.807, 2.05) is 107 Å². The molecule has 3 aromatic rings. The average Bonchev–Trinajstić information content (AvgIpc) is 2.96. The summed E-state index contributed by atoms with van der Waals surface area (Å²) in [6.07, 6.45) is 1.80. The van der Waals surface area contributed by atoms with Crippen LogP contribution in [0.4, 0.5) is 0 Å². The third kappa shape index (κ3) is 11.7. The van der Waals surface area contributed by atoms with Gasteiger partial charge in [0.05, 0.1) is 12.5 Å². The first-order valence-electron chi connectivity index (χ1n) is 15.8. The van der Waals surface area contributed by atoms with Crippen LogP contribution in [0.15, 0.2) is 78.9 Å². The number of esters is 1. The highest BCUT2D eigenvalue weighted by Gasteiger charge is 2.36. The van der Waals surface area contributed by atoms with Gasteiger partial charge in [-0.1, -0.05) is 81.4 Å². The van der Waals surface area contributed by atoms with Crippen LogP contribution >= 0.6 is 0 Å². The van der Waals surface area contributed by atoms with Crippen LogP contribution in [0.2, 0.25) is 0 Å². The molecule has 2 N–H and O–H groups in total. The monoisotopic (exact) mass is 614 g/mol. The van der Waals surface area contributed by atoms with Gasteiger partial charge in [-0.25, -0.2) is 0 Å². The number of ether oxygens (including phenoxy) is 2. The topological polar surface area (TPSA) is 93.7 Å². The Kier molecular flexibility index (Phi) is 12.4. The number of carbonyl (C=O) groups excluding carboxylic acids is 3. The summed E-state index contributed by atoms with van der Waals surface area (Å²) in [4.78, 5) is 40.1. The van der Waals surface area contributed by atoms with Crippen LogP contribution < -0.4 is 15.4 Å². The van der Waals surface area contributed by atoms with Crippen molar-refractivity contribution in [2.75, 3.05) is 0 Å². The van der Waals surface area contributed by atoms with Crippen molar-refractivity contribution >= 4 is 17.8 Å². The van der Waals surface area contributed by atoms with Gasteiger partial charge in [0.2, 0.25) is 11.8 Å². The van der Waals surface area contributed by atoms with Gasteiger partial charge in [-0.2, -0.15) is 0 Å². The molecule has 7 heteroatoms. The fourth-order valence-electron chi connectivity index (χ4n) is 5.12. The van der Waals surface area contributed by atoms with Crippen LogP contribution in [0, 0.1) is 18.3 Å². The number of carbonyl (C=O) groups is 3. The largest absolute Gasteiger partial charge is 0.460 e. The van der Waals surface area contributed by atoms with Gasteiger partial charge in [0.1, 0.15) is 23.1 Å². The van der Waals surface area contributed by atoms with Gasteiger partial charge in [0, 0.05) is 5.92 Å². The second-order valence-electron chi connectivity index (χ2n) is 13.8. The van der Waals surface area contributed by atoms with Crippen molar-refractivity contribution in [2.24, 2.45) is 11.3 Å². The van der Waals surface area contributed by atoms with E-state index in [0.29, 0.717) is 12.8 Å². The van der Waals surface area contributed by atoms with Crippen molar-refractivity contribution in [1.29, 1.82) is 0 Å². The van der Waals surface area contributed by atoms with Gasteiger partial charge in [0.25, 0.3) is 0 Å². The Morgan fingerprint density at radius 3 is 2.00 bits per heavy atom. The molecule has 0 aliphatic carbocycles. The molecule has 0 aliphatic heterocycles. The highest BCUT2D eigenvalue weighted by Crippen LogP contribution is 2.27. The Morgan fingerprint density at radius 2 is 1.42 bits per heavy atom. The van der Waals surface area contributed by atoms with Crippen LogP contribution in [0.25, 0.3) is 0 Å². The molecule has 0 saturated carbocycles. The molecule has 2 amide bonds. The fourth-order valence-corrected chi connectivity index (χ4v) is 5.12. The summed E-state index contributed by atoms with van der Waals surface area (Å²) in [6.45, 7) is 15.1. The molecule has 0 saturated heterocycles. The summed E-state index contributed by atoms with van der Waals surface area (Å²) in [5.74, 6) is -0.106. The van der Waals surface area contributed by atoms with E-state index in [9.17, 15) is 14.4 Å². The van der Waals surface area contributed by atoms with Crippen LogP contribution in [0.5, 0.6) is 11.5 Å². The summed E-state index contributed by atoms with van der Waals surface area (Å²) < 4.78 is 11.6. The molecule has 0 spiro atoms. The van der Waals surface area contributed by atoms with E-state index in [1.165, 1.54) is 0 Å². The molecule has 0 fully saturated rings. The molecule has 7 nitrogen and oxygen atoms in total. The molecule has 0 radical (unpaired) electrons. The lowest BCUT2D eigenvalue weighted by atomic mass is 9.85. The van der Waals surface area contributed by atoms with E-state index >= 15 is 0 Å². The summed E-state index contributed by atoms with van der Waals surface area (Å²) in [5.41, 5.74) is 1.88. The Labute approximate surface area is 269 Å². The zero-order chi connectivity index (χ0) is 33.2. The van der Waals surface area contributed by atoms with Gasteiger partial charge < -0.3 is 20.1 Å². The van der Waals surface area contributed by atoms with E-state index in [2.05, 4.69) is 16.7 Å². The Bertz CT molecular complexity index is 1410. The summed E-state index contributed by atoms with van der Waals surface area (Å²) in [5, 5.41) is 6.05. The fraction of sp³-hybridized carbons (Fsp3) is 0.447. The average molecular weight is 615 g/mol. The molecule has 0 unspecified atom stereocenters. The quantitative estimate of drug-likeness (QED) is 0.191. The van der Waals surface area contributed by atoms with Gasteiger partial charge >= 0.3 is 5.97 Å². The maximum Gasteiger partial charge on any atom is 0.307 e. The number of para-hydroxylation sites is 1. The molecular formula is C38H50N2O5. The lowest BCUT2D eigenvalue weighted by Gasteiger charge is -2.33. The van der Waals surface area contributed by atoms with Gasteiger partial charge in [0.15, 0.2) is 0 Å². The van der Waals surface area contributed by atoms with Crippen LogP contribution in [-0.4, -0.2) is 29.4 Å². The van der Waals surface area contributed by atoms with Gasteiger partial charge in [-0.15, -0.1) is 0 Å². The smallest absolute Gasteiger partial charge is 0.307 e. The number of hydrogen-bond acceptors (Lipinski definition) is 5. The van der Waals surface area contributed by atoms with Gasteiger partial charge in [-0.3, -0.25) is 14.4 Å². The lowest BCUT2D eigenvalue weighted by molar-refractivity contribution is -0.157. The maximum absolute atomic E-state index is 13.8. The predicted molar refractivity (Wildman–Crippen MR) is 179 cm³/mol. The van der Waals surface area contributed by atoms with Gasteiger partial charge in [-0.05, 0) is 94.2 Å². The highest BCUT2D eigenvalue weighted by atomic mass is 16.6. The van der Waals surface area contributed by atoms with E-state index in [-0.39, 0.29) is 24.3 Å². The van der Waals surface area contributed by atoms with E-state index in [0.717, 1.165) is 34.6 Å². The number of hydrogen-bond donors (Lipinski definition) is 2. The maximum atomic E-state index is 13.8. The molecule has 3 rings (SSSR count). The third-order valence-corrected chi connectivity index (χ3v) is 7.51. The standard InChI is InChI=1S/C38H50N2O5/c1-26-24-28(22-23-32(26)44-31-20-13-10-14-21-31)16-15-19-30(25-33(41)45-38(6,7)8)35(42)40-34(37(3,4)5)36(43)39-27(2)29-17-11-9-12-18-29/h9-14,17-18,20-24,27,30,34H,15-16,19,25H2,1-8H3,(H,39,43)(H,40,42)/t27-,30-,34-/m1/s1. The lowest BCUT2D eigenvalue weighted by Crippen LogP contribution is -2.55. The van der Waals surface area contributed by atoms with Crippen molar-refractivity contribution < 1.29 is 23.9 Å². The van der Waals surface area contributed by atoms with Crippen molar-refractivity contribution in [3.05, 3.63) is 95.6 Å². The second kappa shape index (κ2) is 15.7. The van der Waals surface area contributed by atoms with Crippen molar-refractivity contribution in [3.8, 4) is 11.5 Å². The minimum Gasteiger partial charge on any atom is -0.460 e. The molecule has 3 aromatic carbocycles. The van der Waals surface area contributed by atoms with Crippen LogP contribution in [-0.2, 0) is 25.5 Å². The predicted octanol–water partition coefficient (Wildman–Crippen LogP) is 7.87. The minimum atomic E-state index is -0.794. The normalized spacial score (nSPS) is 13.7. The van der Waals surface area contributed by atoms with Crippen LogP contribution in [0.1, 0.15) is 90.5 Å².